The molecule has 2 N–H and O–H groups in total. The fourth-order valence-corrected chi connectivity index (χ4v) is 3.49. The second-order valence-electron chi connectivity index (χ2n) is 6.50. The van der Waals surface area contributed by atoms with Gasteiger partial charge in [0.2, 0.25) is 0 Å². The van der Waals surface area contributed by atoms with Crippen molar-refractivity contribution < 1.29 is 10.2 Å². The highest BCUT2D eigenvalue weighted by Gasteiger charge is 2.48. The average molecular weight is 249 g/mol. The minimum absolute atomic E-state index is 0.0490. The van der Waals surface area contributed by atoms with E-state index in [1.165, 1.54) is 5.57 Å². The molecule has 3 heteroatoms. The Labute approximate surface area is 109 Å². The Bertz CT molecular complexity index is 396. The summed E-state index contributed by atoms with van der Waals surface area (Å²) in [5.74, 6) is 1.01. The third-order valence-corrected chi connectivity index (χ3v) is 5.02. The van der Waals surface area contributed by atoms with E-state index in [9.17, 15) is 15.5 Å². The van der Waals surface area contributed by atoms with Crippen LogP contribution in [0.25, 0.3) is 0 Å². The molecule has 0 saturated heterocycles. The zero-order valence-corrected chi connectivity index (χ0v) is 11.4. The van der Waals surface area contributed by atoms with Gasteiger partial charge in [0.15, 0.2) is 0 Å². The fraction of sp³-hybridized carbons (Fsp3) is 0.800. The summed E-state index contributed by atoms with van der Waals surface area (Å²) in [6.45, 7) is 6.45. The van der Waals surface area contributed by atoms with E-state index in [1.807, 2.05) is 0 Å². The molecular weight excluding hydrogens is 226 g/mol. The Balaban J connectivity index is 2.36. The van der Waals surface area contributed by atoms with E-state index >= 15 is 0 Å². The van der Waals surface area contributed by atoms with Gasteiger partial charge in [-0.05, 0) is 31.1 Å². The quantitative estimate of drug-likeness (QED) is 0.701. The van der Waals surface area contributed by atoms with E-state index in [4.69, 9.17) is 0 Å². The van der Waals surface area contributed by atoms with Gasteiger partial charge in [0.25, 0.3) is 0 Å². The maximum atomic E-state index is 9.87. The Kier molecular flexibility index (Phi) is 3.53. The largest absolute Gasteiger partial charge is 0.390 e. The van der Waals surface area contributed by atoms with Crippen LogP contribution in [0.3, 0.4) is 0 Å². The number of nitrogens with zero attached hydrogens (tertiary/aromatic N) is 1. The molecule has 0 aromatic heterocycles. The number of aliphatic hydroxyl groups excluding tert-OH is 2. The molecule has 0 aromatic rings. The van der Waals surface area contributed by atoms with E-state index < -0.39 is 12.2 Å². The lowest BCUT2D eigenvalue weighted by molar-refractivity contribution is -0.0112. The standard InChI is InChI=1S/C15H23NO2/c1-9(2)10-4-11-6-13(17)14(18)7-15(11,3)12(5-10)8-16/h6,9-10,12-14,17-18H,4-5,7H2,1-3H3/t10-,12-,13-,14-,15+/m0/s1. The van der Waals surface area contributed by atoms with Crippen LogP contribution in [0.2, 0.25) is 0 Å². The summed E-state index contributed by atoms with van der Waals surface area (Å²) in [5, 5.41) is 29.1. The molecule has 0 unspecified atom stereocenters. The molecule has 0 radical (unpaired) electrons. The molecule has 18 heavy (non-hydrogen) atoms. The minimum atomic E-state index is -0.765. The summed E-state index contributed by atoms with van der Waals surface area (Å²) in [5.41, 5.74) is 0.926. The summed E-state index contributed by atoms with van der Waals surface area (Å²) in [4.78, 5) is 0. The van der Waals surface area contributed by atoms with Crippen LogP contribution in [-0.2, 0) is 0 Å². The van der Waals surface area contributed by atoms with Gasteiger partial charge in [0.1, 0.15) is 0 Å². The molecule has 0 aliphatic heterocycles. The molecule has 2 rings (SSSR count). The highest BCUT2D eigenvalue weighted by molar-refractivity contribution is 5.27. The highest BCUT2D eigenvalue weighted by atomic mass is 16.3. The highest BCUT2D eigenvalue weighted by Crippen LogP contribution is 2.53. The summed E-state index contributed by atoms with van der Waals surface area (Å²) in [7, 11) is 0. The molecule has 1 fully saturated rings. The fourth-order valence-electron chi connectivity index (χ4n) is 3.49. The first-order chi connectivity index (χ1) is 8.38. The Morgan fingerprint density at radius 2 is 2.11 bits per heavy atom. The molecule has 0 aromatic carbocycles. The van der Waals surface area contributed by atoms with Gasteiger partial charge in [-0.2, -0.15) is 5.26 Å². The maximum Gasteiger partial charge on any atom is 0.0983 e. The van der Waals surface area contributed by atoms with Gasteiger partial charge in [-0.1, -0.05) is 32.4 Å². The molecule has 1 saturated carbocycles. The number of hydrogen-bond donors (Lipinski definition) is 2. The van der Waals surface area contributed by atoms with Crippen molar-refractivity contribution in [3.63, 3.8) is 0 Å². The molecule has 5 atom stereocenters. The van der Waals surface area contributed by atoms with Crippen molar-refractivity contribution in [2.75, 3.05) is 0 Å². The van der Waals surface area contributed by atoms with E-state index in [1.54, 1.807) is 6.08 Å². The topological polar surface area (TPSA) is 64.2 Å². The monoisotopic (exact) mass is 249 g/mol. The lowest BCUT2D eigenvalue weighted by Crippen LogP contribution is -2.45. The van der Waals surface area contributed by atoms with Gasteiger partial charge in [0.05, 0.1) is 24.2 Å². The van der Waals surface area contributed by atoms with Crippen LogP contribution in [0.15, 0.2) is 11.6 Å². The molecule has 0 bridgehead atoms. The number of fused-ring (bicyclic) bond motifs is 1. The van der Waals surface area contributed by atoms with Crippen molar-refractivity contribution in [2.24, 2.45) is 23.2 Å². The van der Waals surface area contributed by atoms with Gasteiger partial charge < -0.3 is 10.2 Å². The zero-order valence-electron chi connectivity index (χ0n) is 11.4. The number of allylic oxidation sites excluding steroid dienone is 1. The summed E-state index contributed by atoms with van der Waals surface area (Å²) >= 11 is 0. The lowest BCUT2D eigenvalue weighted by Gasteiger charge is -2.48. The van der Waals surface area contributed by atoms with Crippen LogP contribution < -0.4 is 0 Å². The molecular formula is C15H23NO2. The Morgan fingerprint density at radius 3 is 2.67 bits per heavy atom. The zero-order chi connectivity index (χ0) is 13.5. The molecule has 3 nitrogen and oxygen atoms in total. The first kappa shape index (κ1) is 13.6. The van der Waals surface area contributed by atoms with Crippen LogP contribution in [0.1, 0.15) is 40.0 Å². The SMILES string of the molecule is CC(C)[C@H]1CC2=C[C@H](O)[C@@H](O)C[C@@]2(C)[C@H](C#N)C1. The molecule has 2 aliphatic carbocycles. The minimum Gasteiger partial charge on any atom is -0.390 e. The van der Waals surface area contributed by atoms with Crippen molar-refractivity contribution in [1.82, 2.24) is 0 Å². The predicted octanol–water partition coefficient (Wildman–Crippen LogP) is 2.25. The van der Waals surface area contributed by atoms with Crippen molar-refractivity contribution in [3.8, 4) is 6.07 Å². The van der Waals surface area contributed by atoms with Crippen LogP contribution >= 0.6 is 0 Å². The van der Waals surface area contributed by atoms with Crippen LogP contribution in [0.4, 0.5) is 0 Å². The van der Waals surface area contributed by atoms with Crippen molar-refractivity contribution in [1.29, 1.82) is 5.26 Å². The smallest absolute Gasteiger partial charge is 0.0983 e. The lowest BCUT2D eigenvalue weighted by atomic mass is 9.56. The Morgan fingerprint density at radius 1 is 1.44 bits per heavy atom. The van der Waals surface area contributed by atoms with Gasteiger partial charge in [-0.15, -0.1) is 0 Å². The van der Waals surface area contributed by atoms with Gasteiger partial charge in [0, 0.05) is 5.41 Å². The Hall–Kier alpha value is -0.850. The molecule has 0 heterocycles. The second kappa shape index (κ2) is 4.68. The third-order valence-electron chi connectivity index (χ3n) is 5.02. The van der Waals surface area contributed by atoms with Crippen LogP contribution in [0, 0.1) is 34.5 Å². The normalized spacial score (nSPS) is 44.2. The average Bonchev–Trinajstić information content (AvgIpc) is 2.29. The van der Waals surface area contributed by atoms with Gasteiger partial charge in [-0.25, -0.2) is 0 Å². The number of hydrogen-bond acceptors (Lipinski definition) is 3. The molecule has 0 amide bonds. The number of aliphatic hydroxyl groups is 2. The van der Waals surface area contributed by atoms with E-state index in [0.717, 1.165) is 12.8 Å². The summed E-state index contributed by atoms with van der Waals surface area (Å²) in [6, 6.07) is 2.43. The summed E-state index contributed by atoms with van der Waals surface area (Å²) in [6.07, 6.45) is 2.67. The summed E-state index contributed by atoms with van der Waals surface area (Å²) < 4.78 is 0. The van der Waals surface area contributed by atoms with Crippen LogP contribution in [-0.4, -0.2) is 22.4 Å². The van der Waals surface area contributed by atoms with Gasteiger partial charge >= 0.3 is 0 Å². The van der Waals surface area contributed by atoms with E-state index in [-0.39, 0.29) is 11.3 Å². The second-order valence-corrected chi connectivity index (χ2v) is 6.50. The maximum absolute atomic E-state index is 9.87. The number of rotatable bonds is 1. The van der Waals surface area contributed by atoms with Crippen molar-refractivity contribution >= 4 is 0 Å². The van der Waals surface area contributed by atoms with Crippen molar-refractivity contribution in [2.45, 2.75) is 52.2 Å². The van der Waals surface area contributed by atoms with E-state index in [2.05, 4.69) is 26.8 Å². The number of nitriles is 1. The molecule has 100 valence electrons. The molecule has 0 spiro atoms. The third kappa shape index (κ3) is 2.08. The van der Waals surface area contributed by atoms with Crippen LogP contribution in [0.5, 0.6) is 0 Å². The first-order valence-electron chi connectivity index (χ1n) is 6.85. The van der Waals surface area contributed by atoms with Gasteiger partial charge in [-0.3, -0.25) is 0 Å². The van der Waals surface area contributed by atoms with Crippen molar-refractivity contribution in [3.05, 3.63) is 11.6 Å². The predicted molar refractivity (Wildman–Crippen MR) is 69.5 cm³/mol. The molecule has 2 aliphatic rings. The van der Waals surface area contributed by atoms with E-state index in [0.29, 0.717) is 18.3 Å². The first-order valence-corrected chi connectivity index (χ1v) is 6.85.